The van der Waals surface area contributed by atoms with Crippen LogP contribution in [0.4, 0.5) is 0 Å². The number of aliphatic imine (C=N–C) groups is 1. The molecule has 2 rings (SSSR count). The highest BCUT2D eigenvalue weighted by atomic mass is 32.2. The average molecular weight is 392 g/mol. The van der Waals surface area contributed by atoms with E-state index in [0.717, 1.165) is 25.6 Å². The standard InChI is InChI=1S/C21H37N5S/c1-4-25-12-14-26(15-13-25)18-20-9-7-19(8-10-20)17-24-21(22-2)23-11-5-6-16-27-3/h7-10H,4-6,11-18H2,1-3H3,(H2,22,23,24). The molecule has 0 unspecified atom stereocenters. The number of nitrogens with zero attached hydrogens (tertiary/aromatic N) is 3. The van der Waals surface area contributed by atoms with E-state index in [1.54, 1.807) is 0 Å². The van der Waals surface area contributed by atoms with Gasteiger partial charge in [0.2, 0.25) is 0 Å². The summed E-state index contributed by atoms with van der Waals surface area (Å²) in [5.74, 6) is 2.12. The van der Waals surface area contributed by atoms with Gasteiger partial charge in [0.15, 0.2) is 5.96 Å². The van der Waals surface area contributed by atoms with Crippen LogP contribution in [0.25, 0.3) is 0 Å². The Hall–Kier alpha value is -1.24. The van der Waals surface area contributed by atoms with Gasteiger partial charge >= 0.3 is 0 Å². The van der Waals surface area contributed by atoms with E-state index in [9.17, 15) is 0 Å². The summed E-state index contributed by atoms with van der Waals surface area (Å²) in [6.45, 7) is 11.0. The maximum Gasteiger partial charge on any atom is 0.191 e. The van der Waals surface area contributed by atoms with Gasteiger partial charge in [-0.1, -0.05) is 31.2 Å². The van der Waals surface area contributed by atoms with E-state index in [2.05, 4.69) is 62.9 Å². The van der Waals surface area contributed by atoms with Crippen LogP contribution in [0.2, 0.25) is 0 Å². The molecule has 0 spiro atoms. The van der Waals surface area contributed by atoms with Gasteiger partial charge < -0.3 is 15.5 Å². The minimum absolute atomic E-state index is 0.805. The molecule has 27 heavy (non-hydrogen) atoms. The Balaban J connectivity index is 1.68. The third kappa shape index (κ3) is 8.54. The van der Waals surface area contributed by atoms with Crippen molar-refractivity contribution in [2.75, 3.05) is 58.3 Å². The molecule has 0 saturated carbocycles. The van der Waals surface area contributed by atoms with Crippen LogP contribution in [0.1, 0.15) is 30.9 Å². The number of guanidine groups is 1. The Morgan fingerprint density at radius 3 is 2.30 bits per heavy atom. The lowest BCUT2D eigenvalue weighted by Gasteiger charge is -2.34. The van der Waals surface area contributed by atoms with Gasteiger partial charge in [-0.15, -0.1) is 0 Å². The van der Waals surface area contributed by atoms with Crippen LogP contribution in [0.3, 0.4) is 0 Å². The van der Waals surface area contributed by atoms with Gasteiger partial charge in [0.1, 0.15) is 0 Å². The number of hydrogen-bond donors (Lipinski definition) is 2. The Morgan fingerprint density at radius 1 is 1.00 bits per heavy atom. The van der Waals surface area contributed by atoms with Crippen LogP contribution in [-0.4, -0.2) is 74.1 Å². The van der Waals surface area contributed by atoms with Gasteiger partial charge in [-0.3, -0.25) is 9.89 Å². The molecule has 0 radical (unpaired) electrons. The van der Waals surface area contributed by atoms with Crippen molar-refractivity contribution in [3.8, 4) is 0 Å². The van der Waals surface area contributed by atoms with E-state index < -0.39 is 0 Å². The summed E-state index contributed by atoms with van der Waals surface area (Å²) in [5, 5.41) is 6.80. The highest BCUT2D eigenvalue weighted by Gasteiger charge is 2.15. The zero-order valence-corrected chi connectivity index (χ0v) is 18.2. The van der Waals surface area contributed by atoms with E-state index in [1.807, 2.05) is 18.8 Å². The normalized spacial score (nSPS) is 16.5. The molecular formula is C21H37N5S. The largest absolute Gasteiger partial charge is 0.356 e. The van der Waals surface area contributed by atoms with Crippen molar-refractivity contribution < 1.29 is 0 Å². The number of likely N-dealkylation sites (N-methyl/N-ethyl adjacent to an activating group) is 1. The van der Waals surface area contributed by atoms with Gasteiger partial charge in [0.05, 0.1) is 0 Å². The second kappa shape index (κ2) is 13.0. The first kappa shape index (κ1) is 22.1. The summed E-state index contributed by atoms with van der Waals surface area (Å²) >= 11 is 1.91. The summed E-state index contributed by atoms with van der Waals surface area (Å²) in [7, 11) is 1.83. The van der Waals surface area contributed by atoms with Crippen molar-refractivity contribution in [3.05, 3.63) is 35.4 Å². The molecule has 1 fully saturated rings. The Bertz CT molecular complexity index is 538. The molecule has 1 aliphatic rings. The molecule has 152 valence electrons. The van der Waals surface area contributed by atoms with Crippen LogP contribution in [0.5, 0.6) is 0 Å². The predicted molar refractivity (Wildman–Crippen MR) is 120 cm³/mol. The molecule has 1 aromatic rings. The van der Waals surface area contributed by atoms with E-state index in [-0.39, 0.29) is 0 Å². The van der Waals surface area contributed by atoms with E-state index >= 15 is 0 Å². The minimum atomic E-state index is 0.805. The third-order valence-electron chi connectivity index (χ3n) is 5.09. The molecule has 1 heterocycles. The number of hydrogen-bond acceptors (Lipinski definition) is 4. The summed E-state index contributed by atoms with van der Waals surface area (Å²) in [4.78, 5) is 9.39. The lowest BCUT2D eigenvalue weighted by Crippen LogP contribution is -2.45. The van der Waals surface area contributed by atoms with Gasteiger partial charge in [-0.05, 0) is 42.5 Å². The number of thioether (sulfide) groups is 1. The first-order chi connectivity index (χ1) is 13.2. The number of rotatable bonds is 10. The summed E-state index contributed by atoms with van der Waals surface area (Å²) in [6, 6.07) is 9.00. The maximum atomic E-state index is 4.31. The molecule has 1 aliphatic heterocycles. The minimum Gasteiger partial charge on any atom is -0.356 e. The molecule has 0 aliphatic carbocycles. The smallest absolute Gasteiger partial charge is 0.191 e. The molecule has 0 amide bonds. The van der Waals surface area contributed by atoms with Gasteiger partial charge in [-0.25, -0.2) is 0 Å². The number of piperazine rings is 1. The summed E-state index contributed by atoms with van der Waals surface area (Å²) < 4.78 is 0. The second-order valence-corrected chi connectivity index (χ2v) is 8.06. The first-order valence-corrected chi connectivity index (χ1v) is 11.6. The number of nitrogens with one attached hydrogen (secondary N) is 2. The molecule has 1 saturated heterocycles. The van der Waals surface area contributed by atoms with Crippen molar-refractivity contribution in [2.24, 2.45) is 4.99 Å². The van der Waals surface area contributed by atoms with Crippen molar-refractivity contribution >= 4 is 17.7 Å². The highest BCUT2D eigenvalue weighted by Crippen LogP contribution is 2.10. The topological polar surface area (TPSA) is 42.9 Å². The molecular weight excluding hydrogens is 354 g/mol. The maximum absolute atomic E-state index is 4.31. The fourth-order valence-corrected chi connectivity index (χ4v) is 3.76. The average Bonchev–Trinajstić information content (AvgIpc) is 2.72. The van der Waals surface area contributed by atoms with Crippen LogP contribution in [0, 0.1) is 0 Å². The third-order valence-corrected chi connectivity index (χ3v) is 5.79. The Labute approximate surface area is 170 Å². The fourth-order valence-electron chi connectivity index (χ4n) is 3.27. The molecule has 0 bridgehead atoms. The van der Waals surface area contributed by atoms with E-state index in [4.69, 9.17) is 0 Å². The Morgan fingerprint density at radius 2 is 1.67 bits per heavy atom. The lowest BCUT2D eigenvalue weighted by atomic mass is 10.1. The fraction of sp³-hybridized carbons (Fsp3) is 0.667. The monoisotopic (exact) mass is 391 g/mol. The van der Waals surface area contributed by atoms with Crippen molar-refractivity contribution in [1.82, 2.24) is 20.4 Å². The lowest BCUT2D eigenvalue weighted by molar-refractivity contribution is 0.132. The number of benzene rings is 1. The zero-order chi connectivity index (χ0) is 19.3. The van der Waals surface area contributed by atoms with Crippen LogP contribution < -0.4 is 10.6 Å². The number of unbranched alkanes of at least 4 members (excludes halogenated alkanes) is 1. The van der Waals surface area contributed by atoms with Crippen LogP contribution in [0.15, 0.2) is 29.3 Å². The predicted octanol–water partition coefficient (Wildman–Crippen LogP) is 2.63. The molecule has 5 nitrogen and oxygen atoms in total. The first-order valence-electron chi connectivity index (χ1n) is 10.2. The van der Waals surface area contributed by atoms with Gasteiger partial charge in [0.25, 0.3) is 0 Å². The van der Waals surface area contributed by atoms with E-state index in [1.165, 1.54) is 62.4 Å². The van der Waals surface area contributed by atoms with Gasteiger partial charge in [-0.2, -0.15) is 11.8 Å². The van der Waals surface area contributed by atoms with Crippen LogP contribution >= 0.6 is 11.8 Å². The quantitative estimate of drug-likeness (QED) is 0.365. The molecule has 1 aromatic carbocycles. The zero-order valence-electron chi connectivity index (χ0n) is 17.3. The van der Waals surface area contributed by atoms with Gasteiger partial charge in [0, 0.05) is 52.9 Å². The van der Waals surface area contributed by atoms with Crippen molar-refractivity contribution in [1.29, 1.82) is 0 Å². The molecule has 6 heteroatoms. The Kier molecular flexibility index (Phi) is 10.6. The summed E-state index contributed by atoms with van der Waals surface area (Å²) in [6.07, 6.45) is 4.59. The van der Waals surface area contributed by atoms with Crippen molar-refractivity contribution in [2.45, 2.75) is 32.9 Å². The molecule has 0 atom stereocenters. The van der Waals surface area contributed by atoms with E-state index in [0.29, 0.717) is 0 Å². The SMILES string of the molecule is CCN1CCN(Cc2ccc(CNC(=NC)NCCCCSC)cc2)CC1. The highest BCUT2D eigenvalue weighted by molar-refractivity contribution is 7.98. The van der Waals surface area contributed by atoms with Crippen molar-refractivity contribution in [3.63, 3.8) is 0 Å². The van der Waals surface area contributed by atoms with Crippen LogP contribution in [-0.2, 0) is 13.1 Å². The molecule has 2 N–H and O–H groups in total. The molecule has 0 aromatic heterocycles. The second-order valence-electron chi connectivity index (χ2n) is 7.08. The summed E-state index contributed by atoms with van der Waals surface area (Å²) in [5.41, 5.74) is 2.69.